The molecule has 0 radical (unpaired) electrons. The fourth-order valence-electron chi connectivity index (χ4n) is 2.86. The minimum atomic E-state index is -0.313. The number of anilines is 1. The summed E-state index contributed by atoms with van der Waals surface area (Å²) in [7, 11) is 1.61. The number of hydrogen-bond acceptors (Lipinski definition) is 7. The fraction of sp³-hybridized carbons (Fsp3) is 0.444. The summed E-state index contributed by atoms with van der Waals surface area (Å²) in [6.07, 6.45) is 0.0787. The number of benzene rings is 1. The van der Waals surface area contributed by atoms with Crippen LogP contribution in [0.5, 0.6) is 5.75 Å². The van der Waals surface area contributed by atoms with Crippen LogP contribution < -0.4 is 15.2 Å². The Morgan fingerprint density at radius 2 is 1.85 bits per heavy atom. The summed E-state index contributed by atoms with van der Waals surface area (Å²) >= 11 is 0. The van der Waals surface area contributed by atoms with Crippen LogP contribution in [-0.4, -0.2) is 66.1 Å². The quantitative estimate of drug-likeness (QED) is 0.836. The summed E-state index contributed by atoms with van der Waals surface area (Å²) in [5.74, 6) is 1.18. The molecule has 1 aliphatic rings. The van der Waals surface area contributed by atoms with Gasteiger partial charge in [-0.15, -0.1) is 10.2 Å². The van der Waals surface area contributed by atoms with Gasteiger partial charge in [0.2, 0.25) is 5.95 Å². The number of piperazine rings is 1. The molecule has 0 unspecified atom stereocenters. The van der Waals surface area contributed by atoms with E-state index in [-0.39, 0.29) is 11.7 Å². The number of H-pyrrole nitrogens is 1. The molecule has 1 amide bonds. The molecule has 2 aromatic rings. The van der Waals surface area contributed by atoms with Gasteiger partial charge in [-0.05, 0) is 24.6 Å². The van der Waals surface area contributed by atoms with Crippen molar-refractivity contribution in [2.75, 3.05) is 44.8 Å². The molecule has 0 atom stereocenters. The number of nitrogens with one attached hydrogen (secondary N) is 1. The first-order valence-corrected chi connectivity index (χ1v) is 8.86. The van der Waals surface area contributed by atoms with Crippen molar-refractivity contribution in [3.05, 3.63) is 45.9 Å². The van der Waals surface area contributed by atoms with Crippen LogP contribution in [0.25, 0.3) is 0 Å². The molecule has 0 bridgehead atoms. The lowest BCUT2D eigenvalue weighted by Crippen LogP contribution is -2.49. The van der Waals surface area contributed by atoms with Crippen LogP contribution in [0.2, 0.25) is 0 Å². The van der Waals surface area contributed by atoms with Crippen LogP contribution >= 0.6 is 0 Å². The molecule has 9 nitrogen and oxygen atoms in total. The molecule has 9 heteroatoms. The molecule has 1 N–H and O–H groups in total. The van der Waals surface area contributed by atoms with E-state index in [0.29, 0.717) is 50.8 Å². The lowest BCUT2D eigenvalue weighted by atomic mass is 10.1. The van der Waals surface area contributed by atoms with Gasteiger partial charge in [-0.25, -0.2) is 4.79 Å². The average Bonchev–Trinajstić information content (AvgIpc) is 2.70. The smallest absolute Gasteiger partial charge is 0.409 e. The van der Waals surface area contributed by atoms with Crippen molar-refractivity contribution in [2.45, 2.75) is 13.3 Å². The number of carbonyl (C=O) groups is 1. The van der Waals surface area contributed by atoms with Crippen LogP contribution in [0, 0.1) is 0 Å². The summed E-state index contributed by atoms with van der Waals surface area (Å²) in [5, 5.41) is 8.26. The minimum Gasteiger partial charge on any atom is -0.497 e. The van der Waals surface area contributed by atoms with Crippen LogP contribution in [0.4, 0.5) is 10.7 Å². The molecule has 1 aromatic carbocycles. The van der Waals surface area contributed by atoms with Crippen molar-refractivity contribution in [1.82, 2.24) is 20.1 Å². The monoisotopic (exact) mass is 373 g/mol. The molecule has 0 aliphatic carbocycles. The molecule has 144 valence electrons. The molecule has 0 spiro atoms. The van der Waals surface area contributed by atoms with E-state index in [1.807, 2.05) is 29.2 Å². The standard InChI is InChI=1S/C18H23N5O4/c1-3-27-18(25)23-10-8-22(9-11-23)17-19-16(24)15(20-21-17)12-13-4-6-14(26-2)7-5-13/h4-7H,3,8-12H2,1-2H3,(H,19,21,24). The second-order valence-electron chi connectivity index (χ2n) is 6.12. The van der Waals surface area contributed by atoms with E-state index in [4.69, 9.17) is 9.47 Å². The second-order valence-corrected chi connectivity index (χ2v) is 6.12. The molecule has 0 saturated carbocycles. The first-order valence-electron chi connectivity index (χ1n) is 8.86. The van der Waals surface area contributed by atoms with Crippen LogP contribution in [0.3, 0.4) is 0 Å². The fourth-order valence-corrected chi connectivity index (χ4v) is 2.86. The van der Waals surface area contributed by atoms with E-state index in [0.717, 1.165) is 11.3 Å². The predicted molar refractivity (Wildman–Crippen MR) is 99.3 cm³/mol. The molecule has 1 aromatic heterocycles. The Balaban J connectivity index is 1.63. The van der Waals surface area contributed by atoms with E-state index < -0.39 is 0 Å². The van der Waals surface area contributed by atoms with Crippen LogP contribution in [0.1, 0.15) is 18.2 Å². The largest absolute Gasteiger partial charge is 0.497 e. The lowest BCUT2D eigenvalue weighted by molar-refractivity contribution is 0.105. The Kier molecular flexibility index (Phi) is 5.90. The zero-order valence-electron chi connectivity index (χ0n) is 15.5. The number of aromatic nitrogens is 3. The molecule has 1 aliphatic heterocycles. The summed E-state index contributed by atoms with van der Waals surface area (Å²) in [4.78, 5) is 30.5. The first kappa shape index (κ1) is 18.7. The molecule has 3 rings (SSSR count). The minimum absolute atomic E-state index is 0.261. The third kappa shape index (κ3) is 4.55. The first-order chi connectivity index (χ1) is 13.1. The van der Waals surface area contributed by atoms with Crippen LogP contribution in [-0.2, 0) is 11.2 Å². The normalized spacial score (nSPS) is 14.1. The van der Waals surface area contributed by atoms with Gasteiger partial charge in [-0.2, -0.15) is 0 Å². The molecule has 27 heavy (non-hydrogen) atoms. The van der Waals surface area contributed by atoms with Gasteiger partial charge in [-0.3, -0.25) is 9.78 Å². The van der Waals surface area contributed by atoms with Gasteiger partial charge < -0.3 is 19.3 Å². The van der Waals surface area contributed by atoms with Gasteiger partial charge in [0.1, 0.15) is 11.4 Å². The second kappa shape index (κ2) is 8.52. The zero-order valence-corrected chi connectivity index (χ0v) is 15.5. The van der Waals surface area contributed by atoms with E-state index in [1.165, 1.54) is 0 Å². The highest BCUT2D eigenvalue weighted by Crippen LogP contribution is 2.13. The molecule has 2 heterocycles. The maximum absolute atomic E-state index is 12.4. The highest BCUT2D eigenvalue weighted by Gasteiger charge is 2.23. The Morgan fingerprint density at radius 1 is 1.15 bits per heavy atom. The summed E-state index contributed by atoms with van der Waals surface area (Å²) < 4.78 is 10.1. The number of aromatic amines is 1. The van der Waals surface area contributed by atoms with Crippen molar-refractivity contribution >= 4 is 12.0 Å². The summed E-state index contributed by atoms with van der Waals surface area (Å²) in [5.41, 5.74) is 1.05. The number of ether oxygens (including phenoxy) is 2. The Morgan fingerprint density at radius 3 is 2.44 bits per heavy atom. The maximum Gasteiger partial charge on any atom is 0.409 e. The zero-order chi connectivity index (χ0) is 19.2. The summed E-state index contributed by atoms with van der Waals surface area (Å²) in [6.45, 7) is 4.27. The number of carbonyl (C=O) groups excluding carboxylic acids is 1. The number of nitrogens with zero attached hydrogens (tertiary/aromatic N) is 4. The van der Waals surface area contributed by atoms with E-state index in [9.17, 15) is 9.59 Å². The number of rotatable bonds is 5. The average molecular weight is 373 g/mol. The highest BCUT2D eigenvalue weighted by atomic mass is 16.6. The third-order valence-corrected chi connectivity index (χ3v) is 4.39. The van der Waals surface area contributed by atoms with Gasteiger partial charge in [-0.1, -0.05) is 12.1 Å². The molecule has 1 saturated heterocycles. The lowest BCUT2D eigenvalue weighted by Gasteiger charge is -2.33. The third-order valence-electron chi connectivity index (χ3n) is 4.39. The Labute approximate surface area is 156 Å². The van der Waals surface area contributed by atoms with Gasteiger partial charge >= 0.3 is 6.09 Å². The van der Waals surface area contributed by atoms with E-state index in [1.54, 1.807) is 18.9 Å². The number of amides is 1. The van der Waals surface area contributed by atoms with Crippen molar-refractivity contribution in [3.8, 4) is 5.75 Å². The number of hydrogen-bond donors (Lipinski definition) is 1. The topological polar surface area (TPSA) is 101 Å². The highest BCUT2D eigenvalue weighted by molar-refractivity contribution is 5.68. The van der Waals surface area contributed by atoms with Gasteiger partial charge in [0.05, 0.1) is 13.7 Å². The van der Waals surface area contributed by atoms with Gasteiger partial charge in [0.15, 0.2) is 0 Å². The predicted octanol–water partition coefficient (Wildman–Crippen LogP) is 1.04. The molecular weight excluding hydrogens is 350 g/mol. The SMILES string of the molecule is CCOC(=O)N1CCN(c2nnc(Cc3ccc(OC)cc3)c(=O)[nH]2)CC1. The van der Waals surface area contributed by atoms with Crippen molar-refractivity contribution in [3.63, 3.8) is 0 Å². The van der Waals surface area contributed by atoms with E-state index in [2.05, 4.69) is 15.2 Å². The van der Waals surface area contributed by atoms with Crippen molar-refractivity contribution in [2.24, 2.45) is 0 Å². The van der Waals surface area contributed by atoms with Crippen LogP contribution in [0.15, 0.2) is 29.1 Å². The van der Waals surface area contributed by atoms with Crippen molar-refractivity contribution < 1.29 is 14.3 Å². The van der Waals surface area contributed by atoms with Gasteiger partial charge in [0, 0.05) is 32.6 Å². The molecular formula is C18H23N5O4. The Bertz CT molecular complexity index is 828. The number of methoxy groups -OCH3 is 1. The van der Waals surface area contributed by atoms with Gasteiger partial charge in [0.25, 0.3) is 5.56 Å². The maximum atomic E-state index is 12.4. The van der Waals surface area contributed by atoms with Crippen molar-refractivity contribution in [1.29, 1.82) is 0 Å². The Hall–Kier alpha value is -3.10. The summed E-state index contributed by atoms with van der Waals surface area (Å²) in [6, 6.07) is 7.47. The van der Waals surface area contributed by atoms with E-state index >= 15 is 0 Å². The molecule has 1 fully saturated rings.